The number of amides is 2. The molecule has 0 aromatic heterocycles. The van der Waals surface area contributed by atoms with Gasteiger partial charge in [-0.2, -0.15) is 0 Å². The molecule has 0 unspecified atom stereocenters. The Hall–Kier alpha value is -2.64. The number of hydrogen-bond donors (Lipinski definition) is 2. The van der Waals surface area contributed by atoms with Crippen LogP contribution in [0, 0.1) is 5.82 Å². The number of esters is 1. The standard InChI is InChI=1S/C21H21Cl2FN2O4/c1-12(27)25-18(10-13-5-3-6-14(24)9-13)20(28)26-19(21(29)30-2)11-15-16(22)7-4-8-17(15)23/h3-9,18-19H,10-11H2,1-2H3,(H,25,27)(H,26,28)/t18-,19-/m1/s1. The molecule has 0 bridgehead atoms. The second kappa shape index (κ2) is 10.9. The zero-order chi connectivity index (χ0) is 22.3. The molecule has 9 heteroatoms. The lowest BCUT2D eigenvalue weighted by atomic mass is 10.0. The summed E-state index contributed by atoms with van der Waals surface area (Å²) in [5.74, 6) is -2.25. The Balaban J connectivity index is 2.23. The van der Waals surface area contributed by atoms with Gasteiger partial charge in [-0.3, -0.25) is 9.59 Å². The number of carbonyl (C=O) groups is 3. The van der Waals surface area contributed by atoms with Gasteiger partial charge in [0.05, 0.1) is 7.11 Å². The molecular weight excluding hydrogens is 434 g/mol. The molecule has 30 heavy (non-hydrogen) atoms. The van der Waals surface area contributed by atoms with Crippen LogP contribution < -0.4 is 10.6 Å². The Morgan fingerprint density at radius 1 is 1.00 bits per heavy atom. The van der Waals surface area contributed by atoms with Crippen molar-refractivity contribution in [2.75, 3.05) is 7.11 Å². The molecule has 2 rings (SSSR count). The van der Waals surface area contributed by atoms with Gasteiger partial charge in [-0.1, -0.05) is 41.4 Å². The van der Waals surface area contributed by atoms with E-state index in [9.17, 15) is 18.8 Å². The van der Waals surface area contributed by atoms with E-state index in [2.05, 4.69) is 10.6 Å². The summed E-state index contributed by atoms with van der Waals surface area (Å²) < 4.78 is 18.3. The van der Waals surface area contributed by atoms with Crippen molar-refractivity contribution in [3.05, 3.63) is 69.5 Å². The minimum Gasteiger partial charge on any atom is -0.467 e. The molecule has 0 saturated heterocycles. The Bertz CT molecular complexity index is 919. The molecule has 0 aliphatic rings. The Morgan fingerprint density at radius 3 is 2.20 bits per heavy atom. The third-order valence-corrected chi connectivity index (χ3v) is 5.00. The van der Waals surface area contributed by atoms with E-state index >= 15 is 0 Å². The zero-order valence-electron chi connectivity index (χ0n) is 16.4. The summed E-state index contributed by atoms with van der Waals surface area (Å²) in [6.45, 7) is 1.26. The van der Waals surface area contributed by atoms with Gasteiger partial charge in [0, 0.05) is 29.8 Å². The monoisotopic (exact) mass is 454 g/mol. The molecular formula is C21H21Cl2FN2O4. The van der Waals surface area contributed by atoms with Crippen molar-refractivity contribution in [3.63, 3.8) is 0 Å². The largest absolute Gasteiger partial charge is 0.467 e. The molecule has 0 aliphatic carbocycles. The van der Waals surface area contributed by atoms with E-state index in [-0.39, 0.29) is 12.8 Å². The minimum atomic E-state index is -1.09. The van der Waals surface area contributed by atoms with Crippen molar-refractivity contribution >= 4 is 41.0 Å². The fourth-order valence-electron chi connectivity index (χ4n) is 2.89. The summed E-state index contributed by atoms with van der Waals surface area (Å²) in [4.78, 5) is 36.7. The fourth-order valence-corrected chi connectivity index (χ4v) is 3.45. The van der Waals surface area contributed by atoms with Crippen molar-refractivity contribution in [2.45, 2.75) is 31.8 Å². The molecule has 2 aromatic rings. The predicted octanol–water partition coefficient (Wildman–Crippen LogP) is 3.08. The van der Waals surface area contributed by atoms with Crippen LogP contribution in [-0.2, 0) is 32.0 Å². The van der Waals surface area contributed by atoms with Crippen LogP contribution in [-0.4, -0.2) is 37.0 Å². The molecule has 0 aliphatic heterocycles. The van der Waals surface area contributed by atoms with Gasteiger partial charge in [0.2, 0.25) is 11.8 Å². The smallest absolute Gasteiger partial charge is 0.328 e. The van der Waals surface area contributed by atoms with Gasteiger partial charge in [0.15, 0.2) is 0 Å². The highest BCUT2D eigenvalue weighted by Gasteiger charge is 2.28. The van der Waals surface area contributed by atoms with E-state index in [1.54, 1.807) is 24.3 Å². The van der Waals surface area contributed by atoms with E-state index < -0.39 is 35.7 Å². The molecule has 0 fully saturated rings. The Labute approximate surface area is 183 Å². The number of benzene rings is 2. The van der Waals surface area contributed by atoms with Crippen LogP contribution in [0.2, 0.25) is 10.0 Å². The summed E-state index contributed by atoms with van der Waals surface area (Å²) in [6.07, 6.45) is 0.0214. The molecule has 0 spiro atoms. The van der Waals surface area contributed by atoms with E-state index in [1.165, 1.54) is 32.2 Å². The quantitative estimate of drug-likeness (QED) is 0.600. The Morgan fingerprint density at radius 2 is 1.63 bits per heavy atom. The van der Waals surface area contributed by atoms with Gasteiger partial charge in [0.25, 0.3) is 0 Å². The molecule has 2 atom stereocenters. The fraction of sp³-hybridized carbons (Fsp3) is 0.286. The summed E-state index contributed by atoms with van der Waals surface area (Å²) >= 11 is 12.3. The highest BCUT2D eigenvalue weighted by Crippen LogP contribution is 2.25. The molecule has 0 saturated carbocycles. The third kappa shape index (κ3) is 6.71. The van der Waals surface area contributed by atoms with Crippen molar-refractivity contribution in [1.29, 1.82) is 0 Å². The summed E-state index contributed by atoms with van der Waals surface area (Å²) in [5, 5.41) is 5.76. The van der Waals surface area contributed by atoms with Crippen LogP contribution >= 0.6 is 23.2 Å². The number of carbonyl (C=O) groups excluding carboxylic acids is 3. The van der Waals surface area contributed by atoms with Crippen LogP contribution in [0.15, 0.2) is 42.5 Å². The van der Waals surface area contributed by atoms with Gasteiger partial charge in [-0.25, -0.2) is 9.18 Å². The highest BCUT2D eigenvalue weighted by molar-refractivity contribution is 6.36. The summed E-state index contributed by atoms with van der Waals surface area (Å²) in [7, 11) is 1.19. The molecule has 160 valence electrons. The van der Waals surface area contributed by atoms with Crippen molar-refractivity contribution in [3.8, 4) is 0 Å². The first-order valence-corrected chi connectivity index (χ1v) is 9.79. The average Bonchev–Trinajstić information content (AvgIpc) is 2.68. The number of rotatable bonds is 8. The molecule has 2 amide bonds. The number of nitrogens with one attached hydrogen (secondary N) is 2. The molecule has 2 aromatic carbocycles. The highest BCUT2D eigenvalue weighted by atomic mass is 35.5. The van der Waals surface area contributed by atoms with Crippen molar-refractivity contribution in [2.24, 2.45) is 0 Å². The number of hydrogen-bond acceptors (Lipinski definition) is 4. The van der Waals surface area contributed by atoms with Gasteiger partial charge in [-0.15, -0.1) is 0 Å². The van der Waals surface area contributed by atoms with Gasteiger partial charge < -0.3 is 15.4 Å². The van der Waals surface area contributed by atoms with E-state index in [0.29, 0.717) is 21.2 Å². The summed E-state index contributed by atoms with van der Waals surface area (Å²) in [5.41, 5.74) is 0.977. The number of methoxy groups -OCH3 is 1. The third-order valence-electron chi connectivity index (χ3n) is 4.29. The number of ether oxygens (including phenoxy) is 1. The predicted molar refractivity (Wildman–Crippen MR) is 112 cm³/mol. The zero-order valence-corrected chi connectivity index (χ0v) is 17.9. The second-order valence-electron chi connectivity index (χ2n) is 6.58. The van der Waals surface area contributed by atoms with Gasteiger partial charge in [-0.05, 0) is 35.4 Å². The minimum absolute atomic E-state index is 0.0102. The van der Waals surface area contributed by atoms with Gasteiger partial charge in [0.1, 0.15) is 17.9 Å². The lowest BCUT2D eigenvalue weighted by molar-refractivity contribution is -0.145. The van der Waals surface area contributed by atoms with Gasteiger partial charge >= 0.3 is 5.97 Å². The van der Waals surface area contributed by atoms with Crippen LogP contribution in [0.1, 0.15) is 18.1 Å². The van der Waals surface area contributed by atoms with Crippen LogP contribution in [0.4, 0.5) is 4.39 Å². The maximum absolute atomic E-state index is 13.5. The topological polar surface area (TPSA) is 84.5 Å². The number of halogens is 3. The maximum Gasteiger partial charge on any atom is 0.328 e. The maximum atomic E-state index is 13.5. The lowest BCUT2D eigenvalue weighted by Gasteiger charge is -2.22. The molecule has 2 N–H and O–H groups in total. The van der Waals surface area contributed by atoms with E-state index in [4.69, 9.17) is 27.9 Å². The van der Waals surface area contributed by atoms with E-state index in [1.807, 2.05) is 0 Å². The normalized spacial score (nSPS) is 12.6. The first-order valence-electron chi connectivity index (χ1n) is 9.04. The van der Waals surface area contributed by atoms with E-state index in [0.717, 1.165) is 0 Å². The SMILES string of the molecule is COC(=O)[C@@H](Cc1c(Cl)cccc1Cl)NC(=O)[C@@H](Cc1cccc(F)c1)NC(C)=O. The molecule has 6 nitrogen and oxygen atoms in total. The lowest BCUT2D eigenvalue weighted by Crippen LogP contribution is -2.53. The molecule has 0 heterocycles. The molecule has 0 radical (unpaired) electrons. The van der Waals surface area contributed by atoms with Crippen LogP contribution in [0.25, 0.3) is 0 Å². The Kier molecular flexibility index (Phi) is 8.62. The van der Waals surface area contributed by atoms with Crippen molar-refractivity contribution in [1.82, 2.24) is 10.6 Å². The second-order valence-corrected chi connectivity index (χ2v) is 7.39. The van der Waals surface area contributed by atoms with Crippen molar-refractivity contribution < 1.29 is 23.5 Å². The summed E-state index contributed by atoms with van der Waals surface area (Å²) in [6, 6.07) is 8.44. The van der Waals surface area contributed by atoms with Crippen LogP contribution in [0.3, 0.4) is 0 Å². The first kappa shape index (κ1) is 23.6. The average molecular weight is 455 g/mol. The van der Waals surface area contributed by atoms with Crippen LogP contribution in [0.5, 0.6) is 0 Å². The first-order chi connectivity index (χ1) is 14.2.